The number of benzene rings is 2. The molecule has 4 N–H and O–H groups in total. The van der Waals surface area contributed by atoms with Crippen LogP contribution in [0.2, 0.25) is 0 Å². The van der Waals surface area contributed by atoms with E-state index in [1.807, 2.05) is 56.9 Å². The van der Waals surface area contributed by atoms with Crippen molar-refractivity contribution < 1.29 is 33.4 Å². The van der Waals surface area contributed by atoms with Crippen molar-refractivity contribution in [2.24, 2.45) is 18.9 Å². The summed E-state index contributed by atoms with van der Waals surface area (Å²) in [6.07, 6.45) is 5.56. The molecule has 60 heavy (non-hydrogen) atoms. The molecule has 2 fully saturated rings. The number of nitrogens with one attached hydrogen (secondary N) is 4. The van der Waals surface area contributed by atoms with E-state index in [2.05, 4.69) is 61.6 Å². The van der Waals surface area contributed by atoms with E-state index in [4.69, 9.17) is 24.2 Å². The van der Waals surface area contributed by atoms with Crippen molar-refractivity contribution in [1.29, 1.82) is 0 Å². The molecule has 316 valence electrons. The summed E-state index contributed by atoms with van der Waals surface area (Å²) in [7, 11) is 4.63. The molecule has 3 aliphatic heterocycles. The van der Waals surface area contributed by atoms with Crippen molar-refractivity contribution in [3.8, 4) is 39.5 Å². The zero-order valence-electron chi connectivity index (χ0n) is 35.1. The Hall–Kier alpha value is -6.32. The summed E-state index contributed by atoms with van der Waals surface area (Å²) in [5, 5.41) is 6.40. The number of rotatable bonds is 10. The van der Waals surface area contributed by atoms with Crippen LogP contribution in [0.4, 0.5) is 9.59 Å². The van der Waals surface area contributed by atoms with Gasteiger partial charge in [0.2, 0.25) is 11.8 Å². The molecule has 6 heterocycles. The summed E-state index contributed by atoms with van der Waals surface area (Å²) < 4.78 is 18.3. The lowest BCUT2D eigenvalue weighted by molar-refractivity contribution is -0.136. The number of aromatic nitrogens is 5. The number of hydrogen-bond donors (Lipinski definition) is 4. The molecule has 8 rings (SSSR count). The van der Waals surface area contributed by atoms with Gasteiger partial charge in [-0.25, -0.2) is 19.6 Å². The van der Waals surface area contributed by atoms with E-state index in [0.717, 1.165) is 81.7 Å². The fourth-order valence-corrected chi connectivity index (χ4v) is 8.98. The molecule has 0 bridgehead atoms. The first-order valence-electron chi connectivity index (χ1n) is 20.7. The molecule has 0 aliphatic carbocycles. The van der Waals surface area contributed by atoms with Gasteiger partial charge in [-0.1, -0.05) is 45.9 Å². The highest BCUT2D eigenvalue weighted by atomic mass is 16.5. The number of likely N-dealkylation sites (tertiary alicyclic amines) is 2. The van der Waals surface area contributed by atoms with Gasteiger partial charge < -0.3 is 49.2 Å². The number of carbonyl (C=O) groups excluding carboxylic acids is 4. The minimum absolute atomic E-state index is 0.117. The number of aryl methyl sites for hydroxylation is 1. The number of H-pyrrole nitrogens is 2. The van der Waals surface area contributed by atoms with Crippen molar-refractivity contribution in [3.63, 3.8) is 0 Å². The van der Waals surface area contributed by atoms with Crippen molar-refractivity contribution in [1.82, 2.24) is 44.9 Å². The maximum atomic E-state index is 13.7. The Labute approximate surface area is 348 Å². The maximum absolute atomic E-state index is 13.7. The number of fused-ring (bicyclic) bond motifs is 5. The Balaban J connectivity index is 1.02. The second-order valence-electron chi connectivity index (χ2n) is 16.6. The predicted molar refractivity (Wildman–Crippen MR) is 224 cm³/mol. The number of carbonyl (C=O) groups is 4. The van der Waals surface area contributed by atoms with Crippen LogP contribution in [0.5, 0.6) is 5.75 Å². The van der Waals surface area contributed by atoms with Crippen LogP contribution in [0.25, 0.3) is 44.7 Å². The van der Waals surface area contributed by atoms with E-state index < -0.39 is 24.3 Å². The molecular formula is C44H53N9O7. The second-order valence-corrected chi connectivity index (χ2v) is 16.6. The Bertz CT molecular complexity index is 2450. The summed E-state index contributed by atoms with van der Waals surface area (Å²) >= 11 is 0. The minimum Gasteiger partial charge on any atom is -0.486 e. The van der Waals surface area contributed by atoms with Crippen LogP contribution >= 0.6 is 0 Å². The number of nitrogens with zero attached hydrogens (tertiary/aromatic N) is 5. The maximum Gasteiger partial charge on any atom is 0.407 e. The van der Waals surface area contributed by atoms with E-state index in [9.17, 15) is 19.2 Å². The third kappa shape index (κ3) is 7.32. The molecule has 16 nitrogen and oxygen atoms in total. The fourth-order valence-electron chi connectivity index (χ4n) is 8.98. The van der Waals surface area contributed by atoms with Gasteiger partial charge in [-0.05, 0) is 66.8 Å². The molecule has 2 saturated heterocycles. The average molecular weight is 820 g/mol. The predicted octanol–water partition coefficient (Wildman–Crippen LogP) is 6.61. The lowest BCUT2D eigenvalue weighted by atomic mass is 9.98. The molecule has 16 heteroatoms. The minimum atomic E-state index is -0.705. The van der Waals surface area contributed by atoms with Crippen LogP contribution in [-0.2, 0) is 32.7 Å². The smallest absolute Gasteiger partial charge is 0.407 e. The zero-order valence-corrected chi connectivity index (χ0v) is 35.1. The van der Waals surface area contributed by atoms with Gasteiger partial charge in [0.15, 0.2) is 5.75 Å². The second kappa shape index (κ2) is 16.4. The van der Waals surface area contributed by atoms with Crippen LogP contribution < -0.4 is 15.4 Å². The first-order chi connectivity index (χ1) is 28.9. The van der Waals surface area contributed by atoms with Crippen LogP contribution in [-0.4, -0.2) is 97.7 Å². The third-order valence-corrected chi connectivity index (χ3v) is 12.2. The summed E-state index contributed by atoms with van der Waals surface area (Å²) in [5.74, 6) is 1.70. The summed E-state index contributed by atoms with van der Waals surface area (Å²) in [5.41, 5.74) is 7.73. The van der Waals surface area contributed by atoms with Crippen LogP contribution in [0.1, 0.15) is 82.7 Å². The molecule has 0 spiro atoms. The average Bonchev–Trinajstić information content (AvgIpc) is 4.11. The van der Waals surface area contributed by atoms with Gasteiger partial charge in [0.05, 0.1) is 61.3 Å². The van der Waals surface area contributed by atoms with Crippen LogP contribution in [0, 0.1) is 11.8 Å². The Morgan fingerprint density at radius 3 is 1.80 bits per heavy atom. The number of ether oxygens (including phenoxy) is 3. The van der Waals surface area contributed by atoms with E-state index in [0.29, 0.717) is 31.3 Å². The summed E-state index contributed by atoms with van der Waals surface area (Å²) in [6.45, 7) is 9.15. The van der Waals surface area contributed by atoms with Crippen molar-refractivity contribution >= 4 is 34.9 Å². The van der Waals surface area contributed by atoms with E-state index in [1.54, 1.807) is 0 Å². The van der Waals surface area contributed by atoms with Gasteiger partial charge in [0.25, 0.3) is 0 Å². The third-order valence-electron chi connectivity index (χ3n) is 12.2. The summed E-state index contributed by atoms with van der Waals surface area (Å²) in [6, 6.07) is 10.7. The number of imidazole rings is 2. The highest BCUT2D eigenvalue weighted by molar-refractivity contribution is 5.99. The van der Waals surface area contributed by atoms with Crippen molar-refractivity contribution in [3.05, 3.63) is 66.0 Å². The Morgan fingerprint density at radius 2 is 1.28 bits per heavy atom. The number of aromatic amines is 2. The largest absolute Gasteiger partial charge is 0.486 e. The van der Waals surface area contributed by atoms with Crippen LogP contribution in [0.3, 0.4) is 0 Å². The van der Waals surface area contributed by atoms with Gasteiger partial charge in [-0.15, -0.1) is 0 Å². The van der Waals surface area contributed by atoms with E-state index in [-0.39, 0.29) is 35.7 Å². The monoisotopic (exact) mass is 819 g/mol. The lowest BCUT2D eigenvalue weighted by Crippen LogP contribution is -2.51. The Kier molecular flexibility index (Phi) is 11.0. The SMILES string of the molecule is COC(=O)N[C@H](C(=O)N1CCC[C@H]1c1ncc(-c2ccc3c(c2)COc2c-3n(C)c3ccc(-c4cnc([C@@H]5CCCN5C(=O)[C@@H](NC(=O)OC)C(C)C)[nH]4)cc23)[nH]1)C(C)C. The molecule has 0 radical (unpaired) electrons. The van der Waals surface area contributed by atoms with E-state index >= 15 is 0 Å². The standard InChI is InChI=1S/C44H53N9O7/c1-23(2)35(49-43(56)58-6)41(54)52-16-8-10-33(52)39-45-20-30(47-39)25-12-14-28-27(18-25)22-60-38-29-19-26(13-15-32(29)51(5)37(28)38)31-21-46-40(48-31)34-11-9-17-53(34)42(55)36(24(3)4)50-44(57)59-7/h12-15,18-21,23-24,33-36H,8-11,16-17,22H2,1-7H3,(H,45,47)(H,46,48)(H,49,56)(H,50,57)/t33-,34-,35-,36-/m0/s1. The molecule has 3 aromatic heterocycles. The van der Waals surface area contributed by atoms with Crippen molar-refractivity contribution in [2.45, 2.75) is 84.2 Å². The quantitative estimate of drug-likeness (QED) is 0.120. The van der Waals surface area contributed by atoms with Crippen LogP contribution in [0.15, 0.2) is 48.8 Å². The number of alkyl carbamates (subject to hydrolysis) is 2. The van der Waals surface area contributed by atoms with Gasteiger partial charge in [0, 0.05) is 36.7 Å². The summed E-state index contributed by atoms with van der Waals surface area (Å²) in [4.78, 5) is 71.5. The molecular weight excluding hydrogens is 767 g/mol. The van der Waals surface area contributed by atoms with Gasteiger partial charge >= 0.3 is 12.2 Å². The Morgan fingerprint density at radius 1 is 0.767 bits per heavy atom. The number of amides is 4. The highest BCUT2D eigenvalue weighted by Crippen LogP contribution is 2.46. The number of methoxy groups -OCH3 is 2. The highest BCUT2D eigenvalue weighted by Gasteiger charge is 2.39. The molecule has 4 atom stereocenters. The molecule has 0 unspecified atom stereocenters. The molecule has 2 aromatic carbocycles. The van der Waals surface area contributed by atoms with Gasteiger partial charge in [-0.3, -0.25) is 9.59 Å². The first-order valence-corrected chi connectivity index (χ1v) is 20.7. The van der Waals surface area contributed by atoms with Gasteiger partial charge in [-0.2, -0.15) is 0 Å². The first kappa shape index (κ1) is 40.5. The molecule has 3 aliphatic rings. The van der Waals surface area contributed by atoms with E-state index in [1.165, 1.54) is 14.2 Å². The fraction of sp³-hybridized carbons (Fsp3) is 0.455. The normalized spacial score (nSPS) is 18.3. The molecule has 4 amide bonds. The molecule has 0 saturated carbocycles. The molecule has 5 aromatic rings. The van der Waals surface area contributed by atoms with Crippen molar-refractivity contribution in [2.75, 3.05) is 27.3 Å². The zero-order chi connectivity index (χ0) is 42.4. The lowest BCUT2D eigenvalue weighted by Gasteiger charge is -2.30. The topological polar surface area (TPSA) is 189 Å². The number of hydrogen-bond acceptors (Lipinski definition) is 9. The van der Waals surface area contributed by atoms with Gasteiger partial charge in [0.1, 0.15) is 30.3 Å².